The third-order valence-electron chi connectivity index (χ3n) is 6.84. The van der Waals surface area contributed by atoms with Gasteiger partial charge in [0.05, 0.1) is 12.1 Å². The van der Waals surface area contributed by atoms with Crippen LogP contribution >= 0.6 is 0 Å². The monoisotopic (exact) mass is 505 g/mol. The third-order valence-corrected chi connectivity index (χ3v) is 6.84. The van der Waals surface area contributed by atoms with Gasteiger partial charge < -0.3 is 15.4 Å². The number of ether oxygens (including phenoxy) is 1. The van der Waals surface area contributed by atoms with Crippen molar-refractivity contribution in [1.82, 2.24) is 10.8 Å². The van der Waals surface area contributed by atoms with E-state index in [2.05, 4.69) is 53.5 Å². The summed E-state index contributed by atoms with van der Waals surface area (Å²) in [7, 11) is 0. The quantitative estimate of drug-likeness (QED) is 0.108. The summed E-state index contributed by atoms with van der Waals surface area (Å²) in [5.74, 6) is 0.829. The van der Waals surface area contributed by atoms with Crippen LogP contribution in [0.25, 0.3) is 0 Å². The number of nitrogens with one attached hydrogen (secondary N) is 3. The first-order valence-electron chi connectivity index (χ1n) is 13.7. The van der Waals surface area contributed by atoms with Crippen LogP contribution in [0.1, 0.15) is 81.4 Å². The molecule has 1 aliphatic carbocycles. The normalized spacial score (nSPS) is 14.2. The standard InChI is InChI=1S/C31H43N3O3/c1-24(34-36)13-6-3-4-9-20-30(35)33-28-17-12-14-26(23-28)21-22-32-31(27-15-7-5-8-16-27)25(2)37-29-18-10-11-19-29/h5,7-8,12,14-17,23,29,31-32,34,36H,1-4,6,9-11,13,18-22H2,(H,33,35)/t31-/m1/s1. The Morgan fingerprint density at radius 1 is 0.973 bits per heavy atom. The number of hydroxylamine groups is 1. The highest BCUT2D eigenvalue weighted by Gasteiger charge is 2.22. The molecule has 0 aromatic heterocycles. The first kappa shape index (κ1) is 28.5. The molecule has 0 radical (unpaired) electrons. The van der Waals surface area contributed by atoms with E-state index in [4.69, 9.17) is 9.94 Å². The Morgan fingerprint density at radius 3 is 2.43 bits per heavy atom. The summed E-state index contributed by atoms with van der Waals surface area (Å²) in [6, 6.07) is 18.4. The molecule has 6 nitrogen and oxygen atoms in total. The fourth-order valence-electron chi connectivity index (χ4n) is 4.77. The number of unbranched alkanes of at least 4 members (excludes halogenated alkanes) is 3. The smallest absolute Gasteiger partial charge is 0.224 e. The number of benzene rings is 2. The fraction of sp³-hybridized carbons (Fsp3) is 0.452. The summed E-state index contributed by atoms with van der Waals surface area (Å²) in [5.41, 5.74) is 5.86. The highest BCUT2D eigenvalue weighted by molar-refractivity contribution is 5.90. The molecule has 1 saturated carbocycles. The van der Waals surface area contributed by atoms with Crippen molar-refractivity contribution in [3.63, 3.8) is 0 Å². The van der Waals surface area contributed by atoms with Gasteiger partial charge >= 0.3 is 0 Å². The molecule has 0 spiro atoms. The van der Waals surface area contributed by atoms with Gasteiger partial charge in [-0.3, -0.25) is 15.5 Å². The molecule has 2 aromatic carbocycles. The van der Waals surface area contributed by atoms with Gasteiger partial charge in [-0.2, -0.15) is 0 Å². The van der Waals surface area contributed by atoms with Crippen LogP contribution in [0.4, 0.5) is 5.69 Å². The molecule has 1 amide bonds. The summed E-state index contributed by atoms with van der Waals surface area (Å²) in [5, 5.41) is 15.4. The molecule has 3 rings (SSSR count). The van der Waals surface area contributed by atoms with E-state index in [1.807, 2.05) is 30.3 Å². The van der Waals surface area contributed by atoms with Crippen molar-refractivity contribution < 1.29 is 14.7 Å². The maximum atomic E-state index is 12.4. The van der Waals surface area contributed by atoms with Crippen molar-refractivity contribution >= 4 is 11.6 Å². The topological polar surface area (TPSA) is 82.6 Å². The minimum Gasteiger partial charge on any atom is -0.493 e. The summed E-state index contributed by atoms with van der Waals surface area (Å²) in [4.78, 5) is 12.4. The molecular weight excluding hydrogens is 462 g/mol. The number of carbonyl (C=O) groups excluding carboxylic acids is 1. The van der Waals surface area contributed by atoms with Crippen LogP contribution in [-0.2, 0) is 16.0 Å². The molecule has 0 unspecified atom stereocenters. The lowest BCUT2D eigenvalue weighted by Gasteiger charge is -2.25. The molecule has 37 heavy (non-hydrogen) atoms. The van der Waals surface area contributed by atoms with E-state index in [0.29, 0.717) is 12.1 Å². The van der Waals surface area contributed by atoms with Gasteiger partial charge in [0.1, 0.15) is 5.76 Å². The van der Waals surface area contributed by atoms with Crippen LogP contribution in [0.3, 0.4) is 0 Å². The Bertz CT molecular complexity index is 986. The third kappa shape index (κ3) is 10.4. The van der Waals surface area contributed by atoms with Gasteiger partial charge in [0.15, 0.2) is 0 Å². The van der Waals surface area contributed by atoms with Crippen LogP contribution < -0.4 is 16.1 Å². The molecule has 1 atom stereocenters. The van der Waals surface area contributed by atoms with Crippen molar-refractivity contribution in [1.29, 1.82) is 0 Å². The summed E-state index contributed by atoms with van der Waals surface area (Å²) in [6.45, 7) is 8.74. The minimum absolute atomic E-state index is 0.0428. The van der Waals surface area contributed by atoms with Gasteiger partial charge in [-0.25, -0.2) is 0 Å². The average molecular weight is 506 g/mol. The zero-order chi connectivity index (χ0) is 26.3. The highest BCUT2D eigenvalue weighted by atomic mass is 16.5. The minimum atomic E-state index is -0.0531. The molecule has 6 heteroatoms. The predicted molar refractivity (Wildman–Crippen MR) is 150 cm³/mol. The molecule has 200 valence electrons. The number of rotatable bonds is 17. The molecule has 0 aliphatic heterocycles. The maximum absolute atomic E-state index is 12.4. The Morgan fingerprint density at radius 2 is 1.70 bits per heavy atom. The molecule has 0 saturated heterocycles. The van der Waals surface area contributed by atoms with Gasteiger partial charge in [0.25, 0.3) is 0 Å². The van der Waals surface area contributed by atoms with E-state index in [1.165, 1.54) is 12.8 Å². The van der Waals surface area contributed by atoms with Crippen molar-refractivity contribution in [2.45, 2.75) is 82.8 Å². The molecule has 0 heterocycles. The molecule has 1 fully saturated rings. The predicted octanol–water partition coefficient (Wildman–Crippen LogP) is 6.80. The van der Waals surface area contributed by atoms with E-state index < -0.39 is 0 Å². The Balaban J connectivity index is 1.43. The van der Waals surface area contributed by atoms with Crippen LogP contribution in [0.2, 0.25) is 0 Å². The highest BCUT2D eigenvalue weighted by Crippen LogP contribution is 2.28. The number of hydrogen-bond acceptors (Lipinski definition) is 5. The van der Waals surface area contributed by atoms with E-state index in [-0.39, 0.29) is 18.1 Å². The van der Waals surface area contributed by atoms with E-state index >= 15 is 0 Å². The van der Waals surface area contributed by atoms with Crippen LogP contribution in [0.15, 0.2) is 79.2 Å². The lowest BCUT2D eigenvalue weighted by Crippen LogP contribution is -2.27. The Labute approximate surface area is 222 Å². The second-order valence-corrected chi connectivity index (χ2v) is 9.92. The molecule has 4 N–H and O–H groups in total. The molecule has 2 aromatic rings. The number of carbonyl (C=O) groups is 1. The maximum Gasteiger partial charge on any atom is 0.224 e. The van der Waals surface area contributed by atoms with E-state index in [0.717, 1.165) is 80.5 Å². The average Bonchev–Trinajstić information content (AvgIpc) is 3.42. The Kier molecular flexibility index (Phi) is 12.2. The van der Waals surface area contributed by atoms with Gasteiger partial charge in [0.2, 0.25) is 5.91 Å². The van der Waals surface area contributed by atoms with Gasteiger partial charge in [-0.1, -0.05) is 68.5 Å². The number of anilines is 1. The van der Waals surface area contributed by atoms with E-state index in [1.54, 1.807) is 0 Å². The zero-order valence-electron chi connectivity index (χ0n) is 22.0. The summed E-state index contributed by atoms with van der Waals surface area (Å²) < 4.78 is 6.24. The van der Waals surface area contributed by atoms with Gasteiger partial charge in [0, 0.05) is 24.4 Å². The van der Waals surface area contributed by atoms with Crippen LogP contribution in [-0.4, -0.2) is 23.8 Å². The molecule has 1 aliphatic rings. The second kappa shape index (κ2) is 15.9. The van der Waals surface area contributed by atoms with Crippen molar-refractivity contribution in [3.8, 4) is 0 Å². The first-order chi connectivity index (χ1) is 18.0. The Hall–Kier alpha value is -3.09. The SMILES string of the molecule is C=C(CCCCCCC(=O)Nc1cccc(CCN[C@H](C(=C)OC2CCCC2)c2ccccc2)c1)NO. The summed E-state index contributed by atoms with van der Waals surface area (Å²) >= 11 is 0. The van der Waals surface area contributed by atoms with Crippen molar-refractivity contribution in [2.75, 3.05) is 11.9 Å². The fourth-order valence-corrected chi connectivity index (χ4v) is 4.77. The van der Waals surface area contributed by atoms with Crippen LogP contribution in [0, 0.1) is 0 Å². The molecule has 0 bridgehead atoms. The number of amides is 1. The summed E-state index contributed by atoms with van der Waals surface area (Å²) in [6.07, 6.45) is 10.8. The number of hydrogen-bond donors (Lipinski definition) is 4. The van der Waals surface area contributed by atoms with E-state index in [9.17, 15) is 4.79 Å². The lowest BCUT2D eigenvalue weighted by atomic mass is 10.0. The largest absolute Gasteiger partial charge is 0.493 e. The van der Waals surface area contributed by atoms with Crippen molar-refractivity contribution in [3.05, 3.63) is 90.3 Å². The second-order valence-electron chi connectivity index (χ2n) is 9.92. The lowest BCUT2D eigenvalue weighted by molar-refractivity contribution is -0.116. The van der Waals surface area contributed by atoms with Gasteiger partial charge in [-0.15, -0.1) is 0 Å². The van der Waals surface area contributed by atoms with Crippen LogP contribution in [0.5, 0.6) is 0 Å². The molecular formula is C31H43N3O3. The van der Waals surface area contributed by atoms with Gasteiger partial charge in [-0.05, 0) is 74.6 Å². The van der Waals surface area contributed by atoms with Crippen molar-refractivity contribution in [2.24, 2.45) is 0 Å². The number of allylic oxidation sites excluding steroid dienone is 1. The first-order valence-corrected chi connectivity index (χ1v) is 13.7. The zero-order valence-corrected chi connectivity index (χ0v) is 22.0.